The van der Waals surface area contributed by atoms with Gasteiger partial charge in [0.15, 0.2) is 5.11 Å². The van der Waals surface area contributed by atoms with Crippen molar-refractivity contribution in [3.05, 3.63) is 77.9 Å². The van der Waals surface area contributed by atoms with Gasteiger partial charge in [-0.3, -0.25) is 5.43 Å². The van der Waals surface area contributed by atoms with E-state index in [0.717, 1.165) is 16.3 Å². The van der Waals surface area contributed by atoms with Crippen molar-refractivity contribution >= 4 is 40.3 Å². The van der Waals surface area contributed by atoms with Crippen molar-refractivity contribution in [3.8, 4) is 5.75 Å². The smallest absolute Gasteiger partial charge is 0.344 e. The Balaban J connectivity index is 1.81. The average Bonchev–Trinajstić information content (AvgIpc) is 2.61. The number of esters is 1. The molecule has 3 aromatic rings. The normalized spacial score (nSPS) is 10.7. The van der Waals surface area contributed by atoms with Gasteiger partial charge in [0.25, 0.3) is 0 Å². The maximum absolute atomic E-state index is 12.5. The number of hydrazone groups is 1. The van der Waals surface area contributed by atoms with Crippen molar-refractivity contribution in [2.45, 2.75) is 0 Å². The molecule has 3 N–H and O–H groups in total. The van der Waals surface area contributed by atoms with Crippen LogP contribution in [-0.2, 0) is 0 Å². The van der Waals surface area contributed by atoms with Gasteiger partial charge in [0.05, 0.1) is 11.8 Å². The van der Waals surface area contributed by atoms with Gasteiger partial charge in [0.2, 0.25) is 0 Å². The molecule has 25 heavy (non-hydrogen) atoms. The molecule has 0 aromatic heterocycles. The first-order valence-electron chi connectivity index (χ1n) is 7.52. The summed E-state index contributed by atoms with van der Waals surface area (Å²) in [6.45, 7) is 0. The van der Waals surface area contributed by atoms with Crippen LogP contribution >= 0.6 is 12.2 Å². The molecule has 5 nitrogen and oxygen atoms in total. The van der Waals surface area contributed by atoms with Gasteiger partial charge in [-0.15, -0.1) is 0 Å². The summed E-state index contributed by atoms with van der Waals surface area (Å²) >= 11 is 4.67. The minimum atomic E-state index is -0.410. The van der Waals surface area contributed by atoms with Crippen LogP contribution in [0.1, 0.15) is 15.9 Å². The number of thiocarbonyl (C=S) groups is 1. The highest BCUT2D eigenvalue weighted by atomic mass is 32.1. The second kappa shape index (κ2) is 7.55. The summed E-state index contributed by atoms with van der Waals surface area (Å²) in [6, 6.07) is 20.2. The molecule has 0 unspecified atom stereocenters. The lowest BCUT2D eigenvalue weighted by atomic mass is 10.0. The van der Waals surface area contributed by atoms with E-state index in [4.69, 9.17) is 10.5 Å². The Labute approximate surface area is 150 Å². The Kier molecular flexibility index (Phi) is 5.01. The largest absolute Gasteiger partial charge is 0.423 e. The van der Waals surface area contributed by atoms with Gasteiger partial charge in [-0.2, -0.15) is 5.10 Å². The number of hydrogen-bond donors (Lipinski definition) is 2. The van der Waals surface area contributed by atoms with E-state index in [9.17, 15) is 4.79 Å². The Bertz CT molecular complexity index is 964. The third kappa shape index (κ3) is 4.19. The van der Waals surface area contributed by atoms with E-state index in [-0.39, 0.29) is 5.11 Å². The van der Waals surface area contributed by atoms with E-state index in [1.165, 1.54) is 6.21 Å². The lowest BCUT2D eigenvalue weighted by molar-refractivity contribution is 0.0737. The Hall–Kier alpha value is -3.25. The van der Waals surface area contributed by atoms with Gasteiger partial charge in [-0.1, -0.05) is 48.5 Å². The molecular weight excluding hydrogens is 334 g/mol. The van der Waals surface area contributed by atoms with Gasteiger partial charge >= 0.3 is 5.97 Å². The third-order valence-corrected chi connectivity index (χ3v) is 3.56. The van der Waals surface area contributed by atoms with Crippen molar-refractivity contribution < 1.29 is 9.53 Å². The average molecular weight is 349 g/mol. The van der Waals surface area contributed by atoms with Crippen LogP contribution in [0.3, 0.4) is 0 Å². The summed E-state index contributed by atoms with van der Waals surface area (Å²) < 4.78 is 5.51. The van der Waals surface area contributed by atoms with Gasteiger partial charge < -0.3 is 10.5 Å². The molecule has 124 valence electrons. The Morgan fingerprint density at radius 3 is 2.68 bits per heavy atom. The van der Waals surface area contributed by atoms with E-state index < -0.39 is 5.97 Å². The lowest BCUT2D eigenvalue weighted by Crippen LogP contribution is -2.23. The molecule has 0 atom stereocenters. The van der Waals surface area contributed by atoms with Crippen molar-refractivity contribution in [2.24, 2.45) is 10.8 Å². The van der Waals surface area contributed by atoms with Gasteiger partial charge in [0, 0.05) is 0 Å². The molecule has 0 fully saturated rings. The number of ether oxygens (including phenoxy) is 1. The number of nitrogens with two attached hydrogens (primary N) is 1. The van der Waals surface area contributed by atoms with E-state index in [0.29, 0.717) is 11.3 Å². The van der Waals surface area contributed by atoms with Crippen LogP contribution in [0.25, 0.3) is 10.8 Å². The summed E-state index contributed by atoms with van der Waals surface area (Å²) in [5.74, 6) is 0.0179. The van der Waals surface area contributed by atoms with E-state index >= 15 is 0 Å². The zero-order chi connectivity index (χ0) is 17.6. The van der Waals surface area contributed by atoms with Crippen LogP contribution in [0.2, 0.25) is 0 Å². The van der Waals surface area contributed by atoms with Gasteiger partial charge in [-0.25, -0.2) is 4.79 Å². The fourth-order valence-electron chi connectivity index (χ4n) is 2.39. The predicted molar refractivity (Wildman–Crippen MR) is 103 cm³/mol. The van der Waals surface area contributed by atoms with E-state index in [2.05, 4.69) is 22.7 Å². The van der Waals surface area contributed by atoms with Crippen molar-refractivity contribution in [2.75, 3.05) is 0 Å². The standard InChI is InChI=1S/C19H15N3O2S/c20-19(25)22-21-12-13-5-3-8-15(11-13)24-18(23)17-10-4-7-14-6-1-2-9-16(14)17/h1-12H,(H3,20,22,25)/b21-12-. The Morgan fingerprint density at radius 1 is 1.08 bits per heavy atom. The second-order valence-corrected chi connectivity index (χ2v) is 5.66. The first-order chi connectivity index (χ1) is 12.1. The summed E-state index contributed by atoms with van der Waals surface area (Å²) in [5.41, 5.74) is 9.03. The SMILES string of the molecule is NC(=S)N/N=C\c1cccc(OC(=O)c2cccc3ccccc23)c1. The molecular formula is C19H15N3O2S. The highest BCUT2D eigenvalue weighted by Crippen LogP contribution is 2.21. The lowest BCUT2D eigenvalue weighted by Gasteiger charge is -2.07. The molecule has 6 heteroatoms. The van der Waals surface area contributed by atoms with Gasteiger partial charge in [-0.05, 0) is 46.8 Å². The van der Waals surface area contributed by atoms with Crippen molar-refractivity contribution in [1.82, 2.24) is 5.43 Å². The molecule has 0 aliphatic heterocycles. The molecule has 0 aliphatic carbocycles. The van der Waals surface area contributed by atoms with Crippen LogP contribution in [0.5, 0.6) is 5.75 Å². The third-order valence-electron chi connectivity index (χ3n) is 3.47. The highest BCUT2D eigenvalue weighted by Gasteiger charge is 2.12. The number of rotatable bonds is 4. The number of benzene rings is 3. The van der Waals surface area contributed by atoms with E-state index in [1.54, 1.807) is 24.3 Å². The number of carbonyl (C=O) groups is 1. The molecule has 0 radical (unpaired) electrons. The summed E-state index contributed by atoms with van der Waals surface area (Å²) in [7, 11) is 0. The molecule has 3 rings (SSSR count). The predicted octanol–water partition coefficient (Wildman–Crippen LogP) is 3.23. The summed E-state index contributed by atoms with van der Waals surface area (Å²) in [5, 5.41) is 5.80. The van der Waals surface area contributed by atoms with Crippen LogP contribution in [0, 0.1) is 0 Å². The molecule has 0 heterocycles. The maximum Gasteiger partial charge on any atom is 0.344 e. The summed E-state index contributed by atoms with van der Waals surface area (Å²) in [4.78, 5) is 12.5. The highest BCUT2D eigenvalue weighted by molar-refractivity contribution is 7.80. The second-order valence-electron chi connectivity index (χ2n) is 5.22. The van der Waals surface area contributed by atoms with Crippen LogP contribution in [0.4, 0.5) is 0 Å². The Morgan fingerprint density at radius 2 is 1.84 bits per heavy atom. The first kappa shape index (κ1) is 16.6. The molecule has 0 saturated heterocycles. The number of hydrogen-bond acceptors (Lipinski definition) is 4. The van der Waals surface area contributed by atoms with E-state index in [1.807, 2.05) is 42.5 Å². The fraction of sp³-hybridized carbons (Fsp3) is 0. The first-order valence-corrected chi connectivity index (χ1v) is 7.93. The van der Waals surface area contributed by atoms with Crippen LogP contribution < -0.4 is 15.9 Å². The zero-order valence-electron chi connectivity index (χ0n) is 13.2. The monoisotopic (exact) mass is 349 g/mol. The van der Waals surface area contributed by atoms with Crippen LogP contribution in [-0.4, -0.2) is 17.3 Å². The van der Waals surface area contributed by atoms with Gasteiger partial charge in [0.1, 0.15) is 5.75 Å². The molecule has 0 saturated carbocycles. The van der Waals surface area contributed by atoms with Crippen molar-refractivity contribution in [1.29, 1.82) is 0 Å². The number of fused-ring (bicyclic) bond motifs is 1. The molecule has 0 amide bonds. The molecule has 0 bridgehead atoms. The fourth-order valence-corrected chi connectivity index (χ4v) is 2.45. The number of carbonyl (C=O) groups excluding carboxylic acids is 1. The minimum Gasteiger partial charge on any atom is -0.423 e. The molecule has 0 aliphatic rings. The topological polar surface area (TPSA) is 76.7 Å². The zero-order valence-corrected chi connectivity index (χ0v) is 14.0. The number of nitrogens with one attached hydrogen (secondary N) is 1. The molecule has 0 spiro atoms. The van der Waals surface area contributed by atoms with Crippen LogP contribution in [0.15, 0.2) is 71.8 Å². The maximum atomic E-state index is 12.5. The van der Waals surface area contributed by atoms with Crippen molar-refractivity contribution in [3.63, 3.8) is 0 Å². The minimum absolute atomic E-state index is 0.0785. The summed E-state index contributed by atoms with van der Waals surface area (Å²) in [6.07, 6.45) is 1.54. The quantitative estimate of drug-likeness (QED) is 0.249. The number of nitrogens with zero attached hydrogens (tertiary/aromatic N) is 1. The molecule has 3 aromatic carbocycles.